The van der Waals surface area contributed by atoms with Gasteiger partial charge in [0.25, 0.3) is 5.91 Å². The predicted molar refractivity (Wildman–Crippen MR) is 106 cm³/mol. The second-order valence-electron chi connectivity index (χ2n) is 6.83. The van der Waals surface area contributed by atoms with Crippen molar-refractivity contribution in [3.63, 3.8) is 0 Å². The van der Waals surface area contributed by atoms with Crippen molar-refractivity contribution in [3.05, 3.63) is 48.3 Å². The van der Waals surface area contributed by atoms with Crippen LogP contribution in [0.25, 0.3) is 0 Å². The second-order valence-corrected chi connectivity index (χ2v) is 6.83. The maximum absolute atomic E-state index is 12.7. The van der Waals surface area contributed by atoms with E-state index < -0.39 is 0 Å². The van der Waals surface area contributed by atoms with Gasteiger partial charge >= 0.3 is 0 Å². The molecule has 0 atom stereocenters. The summed E-state index contributed by atoms with van der Waals surface area (Å²) >= 11 is 0. The summed E-state index contributed by atoms with van der Waals surface area (Å²) in [6.45, 7) is 3.79. The summed E-state index contributed by atoms with van der Waals surface area (Å²) in [5.41, 5.74) is 3.36. The summed E-state index contributed by atoms with van der Waals surface area (Å²) in [6, 6.07) is 9.85. The number of piperazine rings is 1. The molecule has 0 aliphatic carbocycles. The normalized spacial score (nSPS) is 14.0. The highest BCUT2D eigenvalue weighted by atomic mass is 16.2. The van der Waals surface area contributed by atoms with E-state index in [4.69, 9.17) is 0 Å². The van der Waals surface area contributed by atoms with Crippen molar-refractivity contribution in [2.75, 3.05) is 50.5 Å². The molecule has 0 unspecified atom stereocenters. The van der Waals surface area contributed by atoms with E-state index in [1.165, 1.54) is 0 Å². The third-order valence-electron chi connectivity index (χ3n) is 4.67. The number of nitrogens with one attached hydrogen (secondary N) is 1. The van der Waals surface area contributed by atoms with Crippen LogP contribution in [-0.2, 0) is 4.79 Å². The van der Waals surface area contributed by atoms with Crippen molar-refractivity contribution in [2.45, 2.75) is 6.92 Å². The van der Waals surface area contributed by atoms with Crippen LogP contribution in [0.4, 0.5) is 17.1 Å². The average Bonchev–Trinajstić information content (AvgIpc) is 2.68. The van der Waals surface area contributed by atoms with Crippen LogP contribution < -0.4 is 10.2 Å². The van der Waals surface area contributed by atoms with E-state index in [0.717, 1.165) is 17.1 Å². The Labute approximate surface area is 159 Å². The first-order chi connectivity index (χ1) is 12.9. The topological polar surface area (TPSA) is 68.8 Å². The van der Waals surface area contributed by atoms with Gasteiger partial charge in [0, 0.05) is 64.8 Å². The second kappa shape index (κ2) is 8.07. The molecule has 1 aromatic heterocycles. The van der Waals surface area contributed by atoms with Gasteiger partial charge in [-0.25, -0.2) is 0 Å². The van der Waals surface area contributed by atoms with Crippen molar-refractivity contribution in [1.82, 2.24) is 14.8 Å². The number of aromatic nitrogens is 1. The Morgan fingerprint density at radius 2 is 1.59 bits per heavy atom. The van der Waals surface area contributed by atoms with Crippen LogP contribution in [0.3, 0.4) is 0 Å². The van der Waals surface area contributed by atoms with E-state index in [1.54, 1.807) is 29.1 Å². The number of benzene rings is 1. The van der Waals surface area contributed by atoms with Gasteiger partial charge in [-0.3, -0.25) is 14.6 Å². The van der Waals surface area contributed by atoms with Gasteiger partial charge in [0.05, 0.1) is 17.4 Å². The summed E-state index contributed by atoms with van der Waals surface area (Å²) in [4.78, 5) is 33.9. The monoisotopic (exact) mass is 367 g/mol. The fourth-order valence-electron chi connectivity index (χ4n) is 3.04. The highest BCUT2D eigenvalue weighted by molar-refractivity contribution is 5.95. The summed E-state index contributed by atoms with van der Waals surface area (Å²) in [5.74, 6) is -0.00689. The van der Waals surface area contributed by atoms with E-state index in [9.17, 15) is 9.59 Å². The van der Waals surface area contributed by atoms with Crippen LogP contribution in [0.2, 0.25) is 0 Å². The number of pyridine rings is 1. The number of amides is 2. The minimum absolute atomic E-state index is 0.0512. The van der Waals surface area contributed by atoms with Gasteiger partial charge in [-0.1, -0.05) is 0 Å². The Kier molecular flexibility index (Phi) is 5.59. The highest BCUT2D eigenvalue weighted by Gasteiger charge is 2.23. The zero-order valence-electron chi connectivity index (χ0n) is 16.0. The molecule has 1 aliphatic rings. The van der Waals surface area contributed by atoms with Gasteiger partial charge in [-0.2, -0.15) is 0 Å². The van der Waals surface area contributed by atoms with Gasteiger partial charge in [0.15, 0.2) is 0 Å². The van der Waals surface area contributed by atoms with Crippen molar-refractivity contribution >= 4 is 28.9 Å². The predicted octanol–water partition coefficient (Wildman–Crippen LogP) is 2.20. The van der Waals surface area contributed by atoms with Crippen LogP contribution >= 0.6 is 0 Å². The van der Waals surface area contributed by atoms with Gasteiger partial charge in [-0.05, 0) is 30.3 Å². The quantitative estimate of drug-likeness (QED) is 0.897. The van der Waals surface area contributed by atoms with Gasteiger partial charge in [-0.15, -0.1) is 0 Å². The van der Waals surface area contributed by atoms with Crippen LogP contribution in [0, 0.1) is 0 Å². The van der Waals surface area contributed by atoms with E-state index in [-0.39, 0.29) is 11.8 Å². The molecular formula is C20H25N5O2. The molecule has 1 aliphatic heterocycles. The molecule has 2 heterocycles. The highest BCUT2D eigenvalue weighted by Crippen LogP contribution is 2.21. The smallest absolute Gasteiger partial charge is 0.255 e. The number of rotatable bonds is 4. The lowest BCUT2D eigenvalue weighted by Crippen LogP contribution is -2.50. The number of nitrogens with zero attached hydrogens (tertiary/aromatic N) is 4. The standard InChI is InChI=1S/C20H25N5O2/c1-15(26)24-8-10-25(11-9-24)20(27)16-12-18(14-21-13-16)22-17-4-6-19(7-5-17)23(2)3/h4-7,12-14,22H,8-11H2,1-3H3. The van der Waals surface area contributed by atoms with Gasteiger partial charge in [0.1, 0.15) is 0 Å². The van der Waals surface area contributed by atoms with E-state index in [1.807, 2.05) is 49.3 Å². The number of anilines is 3. The molecule has 0 radical (unpaired) electrons. The van der Waals surface area contributed by atoms with Crippen molar-refractivity contribution < 1.29 is 9.59 Å². The van der Waals surface area contributed by atoms with Crippen LogP contribution in [-0.4, -0.2) is 66.9 Å². The van der Waals surface area contributed by atoms with Gasteiger partial charge in [0.2, 0.25) is 5.91 Å². The molecule has 1 saturated heterocycles. The maximum atomic E-state index is 12.7. The van der Waals surface area contributed by atoms with Crippen molar-refractivity contribution in [1.29, 1.82) is 0 Å². The Bertz CT molecular complexity index is 811. The Morgan fingerprint density at radius 3 is 2.19 bits per heavy atom. The molecule has 0 saturated carbocycles. The number of hydrogen-bond donors (Lipinski definition) is 1. The SMILES string of the molecule is CC(=O)N1CCN(C(=O)c2cncc(Nc3ccc(N(C)C)cc3)c2)CC1. The molecule has 0 bridgehead atoms. The van der Waals surface area contributed by atoms with Crippen molar-refractivity contribution in [2.24, 2.45) is 0 Å². The number of carbonyl (C=O) groups excluding carboxylic acids is 2. The molecule has 2 aromatic rings. The molecule has 7 heteroatoms. The summed E-state index contributed by atoms with van der Waals surface area (Å²) < 4.78 is 0. The Hall–Kier alpha value is -3.09. The summed E-state index contributed by atoms with van der Waals surface area (Å²) in [6.07, 6.45) is 3.28. The first kappa shape index (κ1) is 18.7. The lowest BCUT2D eigenvalue weighted by Gasteiger charge is -2.34. The number of carbonyl (C=O) groups is 2. The largest absolute Gasteiger partial charge is 0.378 e. The van der Waals surface area contributed by atoms with Gasteiger partial charge < -0.3 is 20.0 Å². The third kappa shape index (κ3) is 4.55. The zero-order chi connectivity index (χ0) is 19.4. The minimum Gasteiger partial charge on any atom is -0.378 e. The lowest BCUT2D eigenvalue weighted by molar-refractivity contribution is -0.130. The van der Waals surface area contributed by atoms with Crippen LogP contribution in [0.5, 0.6) is 0 Å². The maximum Gasteiger partial charge on any atom is 0.255 e. The average molecular weight is 367 g/mol. The molecular weight excluding hydrogens is 342 g/mol. The molecule has 7 nitrogen and oxygen atoms in total. The lowest BCUT2D eigenvalue weighted by atomic mass is 10.2. The molecule has 1 N–H and O–H groups in total. The molecule has 142 valence electrons. The fourth-order valence-corrected chi connectivity index (χ4v) is 3.04. The van der Waals surface area contributed by atoms with Crippen molar-refractivity contribution in [3.8, 4) is 0 Å². The number of hydrogen-bond acceptors (Lipinski definition) is 5. The zero-order valence-corrected chi connectivity index (χ0v) is 16.0. The van der Waals surface area contributed by atoms with E-state index in [0.29, 0.717) is 31.7 Å². The molecule has 3 rings (SSSR count). The Morgan fingerprint density at radius 1 is 0.963 bits per heavy atom. The first-order valence-corrected chi connectivity index (χ1v) is 8.98. The third-order valence-corrected chi connectivity index (χ3v) is 4.67. The first-order valence-electron chi connectivity index (χ1n) is 8.98. The fraction of sp³-hybridized carbons (Fsp3) is 0.350. The molecule has 2 amide bonds. The summed E-state index contributed by atoms with van der Waals surface area (Å²) in [7, 11) is 4.00. The molecule has 27 heavy (non-hydrogen) atoms. The van der Waals surface area contributed by atoms with Crippen LogP contribution in [0.1, 0.15) is 17.3 Å². The minimum atomic E-state index is -0.0580. The molecule has 0 spiro atoms. The molecule has 1 fully saturated rings. The summed E-state index contributed by atoms with van der Waals surface area (Å²) in [5, 5.41) is 3.29. The molecule has 1 aromatic carbocycles. The van der Waals surface area contributed by atoms with Crippen LogP contribution in [0.15, 0.2) is 42.7 Å². The van der Waals surface area contributed by atoms with E-state index >= 15 is 0 Å². The Balaban J connectivity index is 1.66. The van der Waals surface area contributed by atoms with E-state index in [2.05, 4.69) is 10.3 Å².